The van der Waals surface area contributed by atoms with Crippen molar-refractivity contribution in [3.05, 3.63) is 76.5 Å². The summed E-state index contributed by atoms with van der Waals surface area (Å²) in [5.74, 6) is 0.874. The molecule has 2 aromatic carbocycles. The number of nitrogens with one attached hydrogen (secondary N) is 2. The average molecular weight is 538 g/mol. The molecule has 0 unspecified atom stereocenters. The summed E-state index contributed by atoms with van der Waals surface area (Å²) in [6.45, 7) is 1.63. The lowest BCUT2D eigenvalue weighted by Gasteiger charge is -2.12. The molecule has 180 valence electrons. The van der Waals surface area contributed by atoms with Gasteiger partial charge in [-0.25, -0.2) is 9.97 Å². The van der Waals surface area contributed by atoms with Crippen molar-refractivity contribution in [1.82, 2.24) is 20.6 Å². The quantitative estimate of drug-likeness (QED) is 0.271. The van der Waals surface area contributed by atoms with Gasteiger partial charge in [0.25, 0.3) is 0 Å². The first kappa shape index (κ1) is 26.8. The number of thioether (sulfide) groups is 1. The van der Waals surface area contributed by atoms with Gasteiger partial charge in [-0.05, 0) is 55.0 Å². The summed E-state index contributed by atoms with van der Waals surface area (Å²) < 4.78 is 0. The first-order valence-electron chi connectivity index (χ1n) is 11.0. The van der Waals surface area contributed by atoms with E-state index in [1.54, 1.807) is 12.4 Å². The Bertz CT molecular complexity index is 1070. The molecule has 1 aliphatic heterocycles. The predicted molar refractivity (Wildman–Crippen MR) is 143 cm³/mol. The minimum absolute atomic E-state index is 0. The largest absolute Gasteiger partial charge is 0.355 e. The first-order chi connectivity index (χ1) is 16.1. The molecule has 4 rings (SSSR count). The van der Waals surface area contributed by atoms with Crippen LogP contribution in [0.2, 0.25) is 10.0 Å². The zero-order chi connectivity index (χ0) is 23.0. The Morgan fingerprint density at radius 3 is 2.56 bits per heavy atom. The number of benzene rings is 2. The monoisotopic (exact) mass is 536 g/mol. The number of halogens is 3. The third-order valence-corrected chi connectivity index (χ3v) is 7.32. The van der Waals surface area contributed by atoms with Crippen molar-refractivity contribution in [2.75, 3.05) is 18.8 Å². The lowest BCUT2D eigenvalue weighted by atomic mass is 9.96. The van der Waals surface area contributed by atoms with Crippen molar-refractivity contribution in [3.63, 3.8) is 0 Å². The smallest absolute Gasteiger partial charge is 0.230 e. The summed E-state index contributed by atoms with van der Waals surface area (Å²) in [4.78, 5) is 21.0. The molecule has 1 fully saturated rings. The van der Waals surface area contributed by atoms with Gasteiger partial charge in [0.2, 0.25) is 5.91 Å². The van der Waals surface area contributed by atoms with Crippen LogP contribution in [0.1, 0.15) is 18.4 Å². The van der Waals surface area contributed by atoms with E-state index in [0.29, 0.717) is 39.5 Å². The minimum atomic E-state index is 0. The topological polar surface area (TPSA) is 66.9 Å². The number of aromatic nitrogens is 2. The van der Waals surface area contributed by atoms with E-state index < -0.39 is 0 Å². The highest BCUT2D eigenvalue weighted by Gasteiger charge is 2.24. The fourth-order valence-corrected chi connectivity index (χ4v) is 4.95. The van der Waals surface area contributed by atoms with Gasteiger partial charge >= 0.3 is 0 Å². The van der Waals surface area contributed by atoms with Gasteiger partial charge in [0.05, 0.1) is 15.8 Å². The second kappa shape index (κ2) is 13.3. The molecule has 0 bridgehead atoms. The van der Waals surface area contributed by atoms with Crippen LogP contribution in [-0.4, -0.2) is 40.8 Å². The van der Waals surface area contributed by atoms with Crippen molar-refractivity contribution >= 4 is 53.3 Å². The van der Waals surface area contributed by atoms with Crippen LogP contribution in [0.3, 0.4) is 0 Å². The number of rotatable bonds is 9. The standard InChI is InChI=1S/C25H26Cl2N4OS.ClH/c26-22-7-6-17(12-23(22)27)10-18-11-21(29-13-18)8-9-28-24(32)16-33-25-30-14-20(15-31-25)19-4-2-1-3-5-19;/h1-7,12,14-15,18,21,29H,8-11,13,16H2,(H,28,32);1H/t18-,21-;/m0./s1. The molecule has 0 saturated carbocycles. The van der Waals surface area contributed by atoms with Gasteiger partial charge in [0, 0.05) is 30.5 Å². The molecule has 9 heteroatoms. The normalized spacial score (nSPS) is 17.2. The Hall–Kier alpha value is -1.83. The molecule has 3 aromatic rings. The maximum absolute atomic E-state index is 12.2. The third kappa shape index (κ3) is 7.85. The second-order valence-electron chi connectivity index (χ2n) is 8.21. The highest BCUT2D eigenvalue weighted by molar-refractivity contribution is 7.99. The van der Waals surface area contributed by atoms with Crippen LogP contribution in [-0.2, 0) is 11.2 Å². The molecule has 2 N–H and O–H groups in total. The number of carbonyl (C=O) groups excluding carboxylic acids is 1. The molecular weight excluding hydrogens is 511 g/mol. The highest BCUT2D eigenvalue weighted by Crippen LogP contribution is 2.26. The highest BCUT2D eigenvalue weighted by atomic mass is 35.5. The summed E-state index contributed by atoms with van der Waals surface area (Å²) in [6, 6.07) is 16.3. The molecular formula is C25H27Cl3N4OS. The van der Waals surface area contributed by atoms with E-state index in [0.717, 1.165) is 36.9 Å². The molecule has 1 aliphatic rings. The van der Waals surface area contributed by atoms with Crippen LogP contribution in [0.25, 0.3) is 11.1 Å². The number of hydrogen-bond acceptors (Lipinski definition) is 5. The lowest BCUT2D eigenvalue weighted by Crippen LogP contribution is -2.31. The lowest BCUT2D eigenvalue weighted by molar-refractivity contribution is -0.118. The fraction of sp³-hybridized carbons (Fsp3) is 0.320. The Kier molecular flexibility index (Phi) is 10.5. The van der Waals surface area contributed by atoms with Gasteiger partial charge in [-0.1, -0.05) is 71.4 Å². The van der Waals surface area contributed by atoms with Crippen molar-refractivity contribution in [2.45, 2.75) is 30.5 Å². The van der Waals surface area contributed by atoms with Crippen LogP contribution in [0, 0.1) is 5.92 Å². The Morgan fingerprint density at radius 1 is 1.06 bits per heavy atom. The van der Waals surface area contributed by atoms with Crippen LogP contribution in [0.5, 0.6) is 0 Å². The summed E-state index contributed by atoms with van der Waals surface area (Å²) in [7, 11) is 0. The summed E-state index contributed by atoms with van der Waals surface area (Å²) >= 11 is 13.5. The van der Waals surface area contributed by atoms with Gasteiger partial charge in [-0.3, -0.25) is 4.79 Å². The van der Waals surface area contributed by atoms with Crippen molar-refractivity contribution < 1.29 is 4.79 Å². The van der Waals surface area contributed by atoms with E-state index in [1.807, 2.05) is 48.5 Å². The molecule has 0 spiro atoms. The number of hydrogen-bond donors (Lipinski definition) is 2. The Morgan fingerprint density at radius 2 is 1.82 bits per heavy atom. The zero-order valence-electron chi connectivity index (χ0n) is 18.5. The molecule has 2 heterocycles. The van der Waals surface area contributed by atoms with Gasteiger partial charge < -0.3 is 10.6 Å². The first-order valence-corrected chi connectivity index (χ1v) is 12.8. The van der Waals surface area contributed by atoms with Crippen LogP contribution >= 0.6 is 47.4 Å². The number of nitrogens with zero attached hydrogens (tertiary/aromatic N) is 2. The van der Waals surface area contributed by atoms with E-state index >= 15 is 0 Å². The SMILES string of the molecule is Cl.O=C(CSc1ncc(-c2ccccc2)cn1)NCC[C@H]1C[C@H](Cc2ccc(Cl)c(Cl)c2)CN1. The van der Waals surface area contributed by atoms with E-state index in [2.05, 4.69) is 20.6 Å². The molecule has 2 atom stereocenters. The molecule has 0 aliphatic carbocycles. The summed E-state index contributed by atoms with van der Waals surface area (Å²) in [5.41, 5.74) is 3.25. The maximum Gasteiger partial charge on any atom is 0.230 e. The minimum Gasteiger partial charge on any atom is -0.355 e. The van der Waals surface area contributed by atoms with E-state index in [1.165, 1.54) is 17.3 Å². The molecule has 0 radical (unpaired) electrons. The Balaban J connectivity index is 0.00000324. The number of amides is 1. The molecule has 1 aromatic heterocycles. The maximum atomic E-state index is 12.2. The van der Waals surface area contributed by atoms with Gasteiger partial charge in [0.1, 0.15) is 0 Å². The van der Waals surface area contributed by atoms with Crippen LogP contribution < -0.4 is 10.6 Å². The van der Waals surface area contributed by atoms with Crippen LogP contribution in [0.4, 0.5) is 0 Å². The summed E-state index contributed by atoms with van der Waals surface area (Å²) in [6.07, 6.45) is 6.57. The van der Waals surface area contributed by atoms with Crippen molar-refractivity contribution in [2.24, 2.45) is 5.92 Å². The molecule has 5 nitrogen and oxygen atoms in total. The predicted octanol–water partition coefficient (Wildman–Crippen LogP) is 5.69. The number of carbonyl (C=O) groups is 1. The van der Waals surface area contributed by atoms with Gasteiger partial charge in [-0.15, -0.1) is 12.4 Å². The Labute approximate surface area is 220 Å². The van der Waals surface area contributed by atoms with Crippen molar-refractivity contribution in [3.8, 4) is 11.1 Å². The molecule has 1 saturated heterocycles. The van der Waals surface area contributed by atoms with E-state index in [4.69, 9.17) is 23.2 Å². The third-order valence-electron chi connectivity index (χ3n) is 5.70. The molecule has 1 amide bonds. The van der Waals surface area contributed by atoms with Gasteiger partial charge in [0.15, 0.2) is 5.16 Å². The molecule has 34 heavy (non-hydrogen) atoms. The van der Waals surface area contributed by atoms with Crippen molar-refractivity contribution in [1.29, 1.82) is 0 Å². The van der Waals surface area contributed by atoms with Crippen LogP contribution in [0.15, 0.2) is 66.1 Å². The van der Waals surface area contributed by atoms with E-state index in [9.17, 15) is 4.79 Å². The van der Waals surface area contributed by atoms with E-state index in [-0.39, 0.29) is 18.3 Å². The average Bonchev–Trinajstić information content (AvgIpc) is 3.28. The van der Waals surface area contributed by atoms with Gasteiger partial charge in [-0.2, -0.15) is 0 Å². The fourth-order valence-electron chi connectivity index (χ4n) is 4.02. The second-order valence-corrected chi connectivity index (χ2v) is 9.96. The summed E-state index contributed by atoms with van der Waals surface area (Å²) in [5, 5.41) is 8.38. The zero-order valence-corrected chi connectivity index (χ0v) is 21.7.